The molecule has 0 saturated carbocycles. The molecule has 0 aliphatic carbocycles. The second kappa shape index (κ2) is 7.20. The van der Waals surface area contributed by atoms with Crippen molar-refractivity contribution in [3.8, 4) is 0 Å². The molecule has 0 saturated heterocycles. The zero-order chi connectivity index (χ0) is 13.0. The number of nitrogen functional groups attached to an aromatic ring is 1. The van der Waals surface area contributed by atoms with Gasteiger partial charge in [0.25, 0.3) is 5.56 Å². The van der Waals surface area contributed by atoms with Gasteiger partial charge in [0.2, 0.25) is 5.95 Å². The van der Waals surface area contributed by atoms with E-state index in [1.54, 1.807) is 0 Å². The molecule has 0 fully saturated rings. The molecule has 6 nitrogen and oxygen atoms in total. The Morgan fingerprint density at radius 3 is 2.47 bits per heavy atom. The molecule has 3 aromatic rings. The van der Waals surface area contributed by atoms with Crippen LogP contribution in [-0.4, -0.2) is 19.9 Å². The number of benzene rings is 1. The third kappa shape index (κ3) is 4.29. The number of rotatable bonds is 0. The van der Waals surface area contributed by atoms with E-state index in [0.717, 1.165) is 5.56 Å². The number of imidazole rings is 1. The predicted molar refractivity (Wildman–Crippen MR) is 69.8 cm³/mol. The number of nitrogens with one attached hydrogen (secondary N) is 2. The van der Waals surface area contributed by atoms with Crippen LogP contribution in [0.2, 0.25) is 0 Å². The Balaban J connectivity index is 0.000000198. The van der Waals surface area contributed by atoms with E-state index in [0.29, 0.717) is 11.2 Å². The maximum Gasteiger partial charge on any atom is 0.278 e. The average Bonchev–Trinajstić information content (AvgIpc) is 2.79. The van der Waals surface area contributed by atoms with Crippen LogP contribution in [0.1, 0.15) is 5.56 Å². The number of hydrogen-bond donors (Lipinski definition) is 3. The smallest absolute Gasteiger partial charge is 0.278 e. The van der Waals surface area contributed by atoms with Crippen LogP contribution in [0.5, 0.6) is 0 Å². The predicted octanol–water partition coefficient (Wildman–Crippen LogP) is 1.10. The summed E-state index contributed by atoms with van der Waals surface area (Å²) < 4.78 is 0. The van der Waals surface area contributed by atoms with E-state index in [1.165, 1.54) is 6.33 Å². The molecule has 0 aliphatic rings. The summed E-state index contributed by atoms with van der Waals surface area (Å²) in [4.78, 5) is 23.5. The Morgan fingerprint density at radius 2 is 1.89 bits per heavy atom. The van der Waals surface area contributed by atoms with Gasteiger partial charge in [-0.25, -0.2) is 4.98 Å². The summed E-state index contributed by atoms with van der Waals surface area (Å²) in [6.07, 6.45) is 1.40. The number of nitrogens with two attached hydrogens (primary N) is 1. The molecular weight excluding hydrogens is 389 g/mol. The fourth-order valence-electron chi connectivity index (χ4n) is 1.34. The van der Waals surface area contributed by atoms with Gasteiger partial charge in [0.1, 0.15) is 0 Å². The van der Waals surface area contributed by atoms with Gasteiger partial charge in [-0.15, -0.1) is 12.1 Å². The quantitative estimate of drug-likeness (QED) is 0.491. The van der Waals surface area contributed by atoms with E-state index in [1.807, 2.05) is 30.3 Å². The second-order valence-electron chi connectivity index (χ2n) is 3.54. The van der Waals surface area contributed by atoms with Crippen molar-refractivity contribution >= 4 is 17.1 Å². The first kappa shape index (κ1) is 15.6. The Labute approximate surface area is 140 Å². The Hall–Kier alpha value is -1.47. The Bertz CT molecular complexity index is 692. The first-order chi connectivity index (χ1) is 8.66. The van der Waals surface area contributed by atoms with Crippen molar-refractivity contribution in [2.24, 2.45) is 0 Å². The molecule has 0 atom stereocenters. The molecule has 19 heavy (non-hydrogen) atoms. The normalized spacial score (nSPS) is 9.26. The molecule has 0 amide bonds. The molecule has 3 rings (SSSR count). The van der Waals surface area contributed by atoms with Gasteiger partial charge < -0.3 is 10.7 Å². The summed E-state index contributed by atoms with van der Waals surface area (Å²) in [5.74, 6) is 0.0783. The zero-order valence-electron chi connectivity index (χ0n) is 9.88. The molecule has 2 aromatic heterocycles. The molecule has 0 unspecified atom stereocenters. The van der Waals surface area contributed by atoms with Gasteiger partial charge in [-0.1, -0.05) is 6.07 Å². The summed E-state index contributed by atoms with van der Waals surface area (Å²) in [5, 5.41) is 0. The van der Waals surface area contributed by atoms with Gasteiger partial charge in [0, 0.05) is 38.6 Å². The van der Waals surface area contributed by atoms with Crippen molar-refractivity contribution in [3.63, 3.8) is 0 Å². The number of aromatic amines is 2. The topological polar surface area (TPSA) is 100 Å². The van der Waals surface area contributed by atoms with Crippen molar-refractivity contribution in [1.82, 2.24) is 19.9 Å². The first-order valence-corrected chi connectivity index (χ1v) is 5.22. The van der Waals surface area contributed by atoms with Crippen LogP contribution in [0.15, 0.2) is 41.5 Å². The minimum absolute atomic E-state index is 0. The number of nitrogens with zero attached hydrogens (tertiary/aromatic N) is 2. The van der Waals surface area contributed by atoms with Crippen LogP contribution in [0, 0.1) is 45.5 Å². The molecule has 101 valence electrons. The molecule has 0 bridgehead atoms. The SMILES string of the molecule is Nc1nc2nc[nH]c2c(=O)[nH]1.[CH2-]c1ccccc1.[Tb]. The average molecular weight is 401 g/mol. The molecule has 4 N–H and O–H groups in total. The maximum atomic E-state index is 11.0. The van der Waals surface area contributed by atoms with Crippen molar-refractivity contribution in [1.29, 1.82) is 0 Å². The first-order valence-electron chi connectivity index (χ1n) is 5.22. The van der Waals surface area contributed by atoms with E-state index in [9.17, 15) is 4.79 Å². The summed E-state index contributed by atoms with van der Waals surface area (Å²) in [6.45, 7) is 3.72. The van der Waals surface area contributed by atoms with Crippen molar-refractivity contribution in [2.45, 2.75) is 0 Å². The standard InChI is InChI=1S/C7H7.C5H5N5O.Tb/c1-7-5-3-2-4-6-7;6-5-9-3-2(4(11)10-5)7-1-8-3;/h2-6H,1H2;1H,(H4,6,7,8,9,10,11);/q-1;;. The van der Waals surface area contributed by atoms with Crippen LogP contribution >= 0.6 is 0 Å². The van der Waals surface area contributed by atoms with E-state index in [4.69, 9.17) is 5.73 Å². The van der Waals surface area contributed by atoms with Crippen LogP contribution in [0.25, 0.3) is 11.2 Å². The molecule has 1 radical (unpaired) electrons. The van der Waals surface area contributed by atoms with E-state index in [2.05, 4.69) is 26.9 Å². The van der Waals surface area contributed by atoms with Crippen molar-refractivity contribution in [2.75, 3.05) is 5.73 Å². The van der Waals surface area contributed by atoms with Crippen LogP contribution in [-0.2, 0) is 0 Å². The number of aromatic nitrogens is 4. The fraction of sp³-hybridized carbons (Fsp3) is 0. The summed E-state index contributed by atoms with van der Waals surface area (Å²) in [6, 6.07) is 9.87. The number of hydrogen-bond acceptors (Lipinski definition) is 4. The van der Waals surface area contributed by atoms with Gasteiger partial charge >= 0.3 is 0 Å². The number of fused-ring (bicyclic) bond motifs is 1. The van der Waals surface area contributed by atoms with E-state index < -0.39 is 0 Å². The molecule has 0 aliphatic heterocycles. The summed E-state index contributed by atoms with van der Waals surface area (Å²) in [5.41, 5.74) is 6.72. The number of anilines is 1. The minimum Gasteiger partial charge on any atom is -0.369 e. The van der Waals surface area contributed by atoms with E-state index >= 15 is 0 Å². The molecule has 7 heteroatoms. The fourth-order valence-corrected chi connectivity index (χ4v) is 1.34. The third-order valence-corrected chi connectivity index (χ3v) is 2.16. The second-order valence-corrected chi connectivity index (χ2v) is 3.54. The summed E-state index contributed by atoms with van der Waals surface area (Å²) >= 11 is 0. The Morgan fingerprint density at radius 1 is 1.21 bits per heavy atom. The van der Waals surface area contributed by atoms with Crippen LogP contribution < -0.4 is 11.3 Å². The molecular formula is C12H12N5OTb-. The van der Waals surface area contributed by atoms with E-state index in [-0.39, 0.29) is 50.1 Å². The van der Waals surface area contributed by atoms with Gasteiger partial charge in [-0.2, -0.15) is 29.6 Å². The largest absolute Gasteiger partial charge is 0.369 e. The van der Waals surface area contributed by atoms with Crippen LogP contribution in [0.3, 0.4) is 0 Å². The maximum absolute atomic E-state index is 11.0. The zero-order valence-corrected chi connectivity index (χ0v) is 12.0. The number of H-pyrrole nitrogens is 2. The Kier molecular flexibility index (Phi) is 5.90. The monoisotopic (exact) mass is 401 g/mol. The van der Waals surface area contributed by atoms with Crippen molar-refractivity contribution in [3.05, 3.63) is 59.5 Å². The van der Waals surface area contributed by atoms with Crippen LogP contribution in [0.4, 0.5) is 5.95 Å². The molecule has 1 aromatic carbocycles. The molecule has 2 heterocycles. The van der Waals surface area contributed by atoms with Gasteiger partial charge in [0.15, 0.2) is 11.2 Å². The van der Waals surface area contributed by atoms with Crippen molar-refractivity contribution < 1.29 is 38.6 Å². The van der Waals surface area contributed by atoms with Gasteiger partial charge in [-0.05, 0) is 0 Å². The van der Waals surface area contributed by atoms with Gasteiger partial charge in [0.05, 0.1) is 6.33 Å². The molecule has 0 spiro atoms. The van der Waals surface area contributed by atoms with Gasteiger partial charge in [-0.3, -0.25) is 9.78 Å². The summed E-state index contributed by atoms with van der Waals surface area (Å²) in [7, 11) is 0. The third-order valence-electron chi connectivity index (χ3n) is 2.16. The minimum atomic E-state index is -0.301.